The number of fused-ring (bicyclic) bond motifs is 1. The van der Waals surface area contributed by atoms with Gasteiger partial charge in [-0.15, -0.1) is 0 Å². The lowest BCUT2D eigenvalue weighted by Crippen LogP contribution is -2.32. The highest BCUT2D eigenvalue weighted by Crippen LogP contribution is 2.38. The van der Waals surface area contributed by atoms with Crippen molar-refractivity contribution in [2.24, 2.45) is 0 Å². The predicted octanol–water partition coefficient (Wildman–Crippen LogP) is 3.14. The van der Waals surface area contributed by atoms with Gasteiger partial charge in [-0.25, -0.2) is 0 Å². The zero-order chi connectivity index (χ0) is 18.0. The molecule has 3 rings (SSSR count). The number of benzene rings is 1. The molecule has 0 aliphatic carbocycles. The fraction of sp³-hybridized carbons (Fsp3) is 0.444. The van der Waals surface area contributed by atoms with Crippen molar-refractivity contribution in [3.05, 3.63) is 29.5 Å². The Hall–Kier alpha value is -2.70. The Bertz CT molecular complexity index is 772. The maximum atomic E-state index is 12.4. The minimum absolute atomic E-state index is 0.149. The van der Waals surface area contributed by atoms with Crippen LogP contribution in [0.15, 0.2) is 22.7 Å². The van der Waals surface area contributed by atoms with E-state index in [0.717, 1.165) is 29.2 Å². The minimum Gasteiger partial charge on any atom is -0.492 e. The lowest BCUT2D eigenvalue weighted by atomic mass is 10.1. The van der Waals surface area contributed by atoms with Gasteiger partial charge in [0.05, 0.1) is 12.3 Å². The van der Waals surface area contributed by atoms with Gasteiger partial charge in [-0.05, 0) is 33.8 Å². The van der Waals surface area contributed by atoms with Crippen molar-refractivity contribution in [2.75, 3.05) is 17.2 Å². The number of rotatable bonds is 6. The second-order valence-corrected chi connectivity index (χ2v) is 6.20. The molecule has 2 N–H and O–H groups in total. The van der Waals surface area contributed by atoms with E-state index in [1.165, 1.54) is 0 Å². The van der Waals surface area contributed by atoms with Crippen molar-refractivity contribution in [3.8, 4) is 11.5 Å². The molecule has 1 aromatic heterocycles. The molecular formula is C18H23N3O4. The molecule has 2 atom stereocenters. The summed E-state index contributed by atoms with van der Waals surface area (Å²) in [6.45, 7) is 8.05. The SMILES string of the molecule is CCOc1cc2c(cc1NC(C)C(=O)Nc1cc(C)on1)OC(C)C2. The van der Waals surface area contributed by atoms with E-state index in [4.69, 9.17) is 14.0 Å². The van der Waals surface area contributed by atoms with Crippen molar-refractivity contribution in [3.63, 3.8) is 0 Å². The van der Waals surface area contributed by atoms with Crippen LogP contribution >= 0.6 is 0 Å². The highest BCUT2D eigenvalue weighted by atomic mass is 16.5. The largest absolute Gasteiger partial charge is 0.492 e. The third-order valence-electron chi connectivity index (χ3n) is 3.94. The molecule has 0 radical (unpaired) electrons. The Labute approximate surface area is 146 Å². The summed E-state index contributed by atoms with van der Waals surface area (Å²) in [5.41, 5.74) is 1.85. The normalized spacial score (nSPS) is 16.7. The van der Waals surface area contributed by atoms with Crippen molar-refractivity contribution >= 4 is 17.4 Å². The molecule has 0 bridgehead atoms. The summed E-state index contributed by atoms with van der Waals surface area (Å²) in [7, 11) is 0. The second-order valence-electron chi connectivity index (χ2n) is 6.20. The van der Waals surface area contributed by atoms with Gasteiger partial charge in [0.25, 0.3) is 0 Å². The highest BCUT2D eigenvalue weighted by Gasteiger charge is 2.23. The van der Waals surface area contributed by atoms with Gasteiger partial charge in [-0.1, -0.05) is 5.16 Å². The Kier molecular flexibility index (Phi) is 4.83. The number of nitrogens with zero attached hydrogens (tertiary/aromatic N) is 1. The van der Waals surface area contributed by atoms with Crippen LogP contribution in [-0.4, -0.2) is 29.8 Å². The van der Waals surface area contributed by atoms with Crippen LogP contribution in [0.5, 0.6) is 11.5 Å². The van der Waals surface area contributed by atoms with Gasteiger partial charge in [0.2, 0.25) is 5.91 Å². The van der Waals surface area contributed by atoms with Crippen LogP contribution < -0.4 is 20.1 Å². The maximum Gasteiger partial charge on any atom is 0.247 e. The van der Waals surface area contributed by atoms with E-state index in [-0.39, 0.29) is 12.0 Å². The number of aryl methyl sites for hydroxylation is 1. The monoisotopic (exact) mass is 345 g/mol. The molecule has 1 aliphatic heterocycles. The van der Waals surface area contributed by atoms with Crippen LogP contribution in [0, 0.1) is 6.92 Å². The summed E-state index contributed by atoms with van der Waals surface area (Å²) in [5.74, 6) is 2.37. The van der Waals surface area contributed by atoms with Crippen molar-refractivity contribution in [2.45, 2.75) is 46.3 Å². The molecule has 2 heterocycles. The average Bonchev–Trinajstić information content (AvgIpc) is 3.12. The molecule has 2 aromatic rings. The molecule has 0 saturated carbocycles. The molecule has 0 fully saturated rings. The molecule has 7 nitrogen and oxygen atoms in total. The van der Waals surface area contributed by atoms with E-state index in [0.29, 0.717) is 18.2 Å². The first-order chi connectivity index (χ1) is 12.0. The topological polar surface area (TPSA) is 85.6 Å². The highest BCUT2D eigenvalue weighted by molar-refractivity contribution is 5.95. The van der Waals surface area contributed by atoms with Crippen molar-refractivity contribution in [1.29, 1.82) is 0 Å². The summed E-state index contributed by atoms with van der Waals surface area (Å²) in [6.07, 6.45) is 1.01. The standard InChI is InChI=1S/C18H23N3O4/c1-5-23-16-8-13-6-10(2)24-15(13)9-14(16)19-12(4)18(22)20-17-7-11(3)25-21-17/h7-10,12,19H,5-6H2,1-4H3,(H,20,21,22). The Morgan fingerprint density at radius 1 is 1.44 bits per heavy atom. The summed E-state index contributed by atoms with van der Waals surface area (Å²) in [5, 5.41) is 9.67. The predicted molar refractivity (Wildman–Crippen MR) is 94.4 cm³/mol. The number of amides is 1. The number of hydrogen-bond acceptors (Lipinski definition) is 6. The van der Waals surface area contributed by atoms with Gasteiger partial charge in [0, 0.05) is 24.1 Å². The van der Waals surface area contributed by atoms with Crippen LogP contribution in [0.4, 0.5) is 11.5 Å². The zero-order valence-corrected chi connectivity index (χ0v) is 14.9. The number of aromatic nitrogens is 1. The van der Waals surface area contributed by atoms with Gasteiger partial charge in [-0.3, -0.25) is 4.79 Å². The van der Waals surface area contributed by atoms with Crippen LogP contribution in [-0.2, 0) is 11.2 Å². The molecular weight excluding hydrogens is 322 g/mol. The van der Waals surface area contributed by atoms with Gasteiger partial charge in [-0.2, -0.15) is 0 Å². The Balaban J connectivity index is 1.74. The Morgan fingerprint density at radius 3 is 2.92 bits per heavy atom. The third kappa shape index (κ3) is 3.87. The lowest BCUT2D eigenvalue weighted by Gasteiger charge is -2.18. The van der Waals surface area contributed by atoms with Gasteiger partial charge >= 0.3 is 0 Å². The first-order valence-electron chi connectivity index (χ1n) is 8.43. The van der Waals surface area contributed by atoms with Gasteiger partial charge < -0.3 is 24.6 Å². The Morgan fingerprint density at radius 2 is 2.24 bits per heavy atom. The molecule has 1 aliphatic rings. The van der Waals surface area contributed by atoms with E-state index in [1.807, 2.05) is 26.0 Å². The molecule has 0 spiro atoms. The fourth-order valence-corrected chi connectivity index (χ4v) is 2.79. The number of hydrogen-bond donors (Lipinski definition) is 2. The molecule has 1 amide bonds. The molecule has 25 heavy (non-hydrogen) atoms. The van der Waals surface area contributed by atoms with Gasteiger partial charge in [0.15, 0.2) is 5.82 Å². The minimum atomic E-state index is -0.493. The van der Waals surface area contributed by atoms with Crippen LogP contribution in [0.25, 0.3) is 0 Å². The average molecular weight is 345 g/mol. The van der Waals surface area contributed by atoms with Crippen LogP contribution in [0.2, 0.25) is 0 Å². The van der Waals surface area contributed by atoms with Gasteiger partial charge in [0.1, 0.15) is 29.4 Å². The number of ether oxygens (including phenoxy) is 2. The smallest absolute Gasteiger partial charge is 0.247 e. The lowest BCUT2D eigenvalue weighted by molar-refractivity contribution is -0.116. The number of carbonyl (C=O) groups excluding carboxylic acids is 1. The van der Waals surface area contributed by atoms with E-state index in [2.05, 4.69) is 15.8 Å². The molecule has 134 valence electrons. The second kappa shape index (κ2) is 7.04. The van der Waals surface area contributed by atoms with Crippen molar-refractivity contribution < 1.29 is 18.8 Å². The number of nitrogens with one attached hydrogen (secondary N) is 2. The summed E-state index contributed by atoms with van der Waals surface area (Å²) in [6, 6.07) is 5.05. The van der Waals surface area contributed by atoms with Crippen molar-refractivity contribution in [1.82, 2.24) is 5.16 Å². The summed E-state index contributed by atoms with van der Waals surface area (Å²) >= 11 is 0. The first kappa shape index (κ1) is 17.1. The number of carbonyl (C=O) groups is 1. The van der Waals surface area contributed by atoms with E-state index in [9.17, 15) is 4.79 Å². The maximum absolute atomic E-state index is 12.4. The van der Waals surface area contributed by atoms with E-state index in [1.54, 1.807) is 19.9 Å². The first-order valence-corrected chi connectivity index (χ1v) is 8.43. The van der Waals surface area contributed by atoms with E-state index >= 15 is 0 Å². The van der Waals surface area contributed by atoms with Crippen LogP contribution in [0.1, 0.15) is 32.1 Å². The van der Waals surface area contributed by atoms with Crippen LogP contribution in [0.3, 0.4) is 0 Å². The molecule has 1 aromatic carbocycles. The quantitative estimate of drug-likeness (QED) is 0.836. The zero-order valence-electron chi connectivity index (χ0n) is 14.9. The van der Waals surface area contributed by atoms with E-state index < -0.39 is 6.04 Å². The molecule has 2 unspecified atom stereocenters. The molecule has 0 saturated heterocycles. The summed E-state index contributed by atoms with van der Waals surface area (Å²) < 4.78 is 16.5. The summed E-state index contributed by atoms with van der Waals surface area (Å²) in [4.78, 5) is 12.4. The molecule has 7 heteroatoms. The fourth-order valence-electron chi connectivity index (χ4n) is 2.79. The number of anilines is 2. The third-order valence-corrected chi connectivity index (χ3v) is 3.94.